The lowest BCUT2D eigenvalue weighted by Gasteiger charge is -2.44. The number of nitrogens with one attached hydrogen (secondary N) is 2. The molecule has 0 saturated carbocycles. The van der Waals surface area contributed by atoms with Gasteiger partial charge in [0.15, 0.2) is 0 Å². The topological polar surface area (TPSA) is 73.8 Å². The fraction of sp³-hybridized carbons (Fsp3) is 0.450. The van der Waals surface area contributed by atoms with Crippen molar-refractivity contribution in [2.45, 2.75) is 35.3 Å². The van der Waals surface area contributed by atoms with E-state index in [0.29, 0.717) is 55.3 Å². The Morgan fingerprint density at radius 1 is 1.16 bits per heavy atom. The van der Waals surface area contributed by atoms with E-state index < -0.39 is 27.3 Å². The van der Waals surface area contributed by atoms with Gasteiger partial charge in [0.2, 0.25) is 0 Å². The second-order valence-corrected chi connectivity index (χ2v) is 10.7. The second kappa shape index (κ2) is 8.53. The van der Waals surface area contributed by atoms with Gasteiger partial charge >= 0.3 is 6.18 Å². The summed E-state index contributed by atoms with van der Waals surface area (Å²) >= 11 is 1.21. The molecule has 3 heterocycles. The smallest absolute Gasteiger partial charge is 0.368 e. The average Bonchev–Trinajstić information content (AvgIpc) is 3.29. The molecule has 1 saturated heterocycles. The summed E-state index contributed by atoms with van der Waals surface area (Å²) in [7, 11) is -3.49. The Bertz CT molecular complexity index is 1030. The van der Waals surface area contributed by atoms with Crippen molar-refractivity contribution >= 4 is 27.2 Å². The minimum absolute atomic E-state index is 0.342. The average molecular weight is 473 g/mol. The highest BCUT2D eigenvalue weighted by molar-refractivity contribution is 7.91. The van der Waals surface area contributed by atoms with Gasteiger partial charge < -0.3 is 10.6 Å². The van der Waals surface area contributed by atoms with Crippen molar-refractivity contribution in [1.82, 2.24) is 14.9 Å². The molecule has 1 aromatic carbocycles. The van der Waals surface area contributed by atoms with E-state index in [-0.39, 0.29) is 0 Å². The summed E-state index contributed by atoms with van der Waals surface area (Å²) in [6, 6.07) is 8.39. The number of nitrogens with zero attached hydrogens (tertiary/aromatic N) is 2. The van der Waals surface area contributed by atoms with Crippen molar-refractivity contribution in [2.75, 3.05) is 26.2 Å². The van der Waals surface area contributed by atoms with E-state index in [0.717, 1.165) is 18.0 Å². The molecule has 6 nitrogen and oxygen atoms in total. The van der Waals surface area contributed by atoms with Gasteiger partial charge in [0.25, 0.3) is 10.0 Å². The first-order valence-electron chi connectivity index (χ1n) is 9.94. The number of piperidine rings is 1. The lowest BCUT2D eigenvalue weighted by molar-refractivity contribution is -0.137. The van der Waals surface area contributed by atoms with Crippen LogP contribution in [0.5, 0.6) is 0 Å². The molecule has 0 atom stereocenters. The predicted molar refractivity (Wildman–Crippen MR) is 114 cm³/mol. The second-order valence-electron chi connectivity index (χ2n) is 7.62. The minimum atomic E-state index is -4.36. The first kappa shape index (κ1) is 22.3. The van der Waals surface area contributed by atoms with Crippen molar-refractivity contribution in [3.63, 3.8) is 0 Å². The molecule has 2 aliphatic rings. The van der Waals surface area contributed by atoms with E-state index in [4.69, 9.17) is 0 Å². The van der Waals surface area contributed by atoms with E-state index in [2.05, 4.69) is 15.6 Å². The van der Waals surface area contributed by atoms with E-state index in [9.17, 15) is 21.6 Å². The maximum atomic E-state index is 12.8. The summed E-state index contributed by atoms with van der Waals surface area (Å²) in [5.41, 5.74) is -0.413. The van der Waals surface area contributed by atoms with Crippen molar-refractivity contribution in [3.8, 4) is 0 Å². The minimum Gasteiger partial charge on any atom is -0.368 e. The zero-order valence-electron chi connectivity index (χ0n) is 16.7. The van der Waals surface area contributed by atoms with Gasteiger partial charge in [-0.3, -0.25) is 4.99 Å². The number of thiophene rings is 1. The Morgan fingerprint density at radius 3 is 2.48 bits per heavy atom. The van der Waals surface area contributed by atoms with Gasteiger partial charge in [0, 0.05) is 26.2 Å². The third kappa shape index (κ3) is 4.64. The number of rotatable bonds is 4. The van der Waals surface area contributed by atoms with E-state index >= 15 is 0 Å². The Kier molecular flexibility index (Phi) is 6.12. The summed E-state index contributed by atoms with van der Waals surface area (Å²) in [5, 5.41) is 8.52. The Balaban J connectivity index is 1.42. The first-order chi connectivity index (χ1) is 14.7. The molecule has 0 unspecified atom stereocenters. The van der Waals surface area contributed by atoms with Crippen LogP contribution in [-0.4, -0.2) is 50.3 Å². The number of amidine groups is 1. The highest BCUT2D eigenvalue weighted by Crippen LogP contribution is 2.31. The molecule has 168 valence electrons. The van der Waals surface area contributed by atoms with Crippen LogP contribution in [0.25, 0.3) is 0 Å². The fourth-order valence-corrected chi connectivity index (χ4v) is 6.57. The molecule has 1 aromatic heterocycles. The van der Waals surface area contributed by atoms with Crippen LogP contribution in [0, 0.1) is 0 Å². The Morgan fingerprint density at radius 2 is 1.87 bits per heavy atom. The molecule has 11 heteroatoms. The Labute approximate surface area is 183 Å². The van der Waals surface area contributed by atoms with Crippen LogP contribution in [-0.2, 0) is 22.7 Å². The van der Waals surface area contributed by atoms with E-state index in [1.54, 1.807) is 17.5 Å². The van der Waals surface area contributed by atoms with Crippen LogP contribution in [0.4, 0.5) is 13.2 Å². The fourth-order valence-electron chi connectivity index (χ4n) is 3.98. The quantitative estimate of drug-likeness (QED) is 0.717. The summed E-state index contributed by atoms with van der Waals surface area (Å²) < 4.78 is 65.7. The molecule has 1 fully saturated rings. The molecule has 2 aromatic rings. The summed E-state index contributed by atoms with van der Waals surface area (Å²) in [5.74, 6) is 0.742. The number of aliphatic imine (C=N–C) groups is 1. The molecule has 31 heavy (non-hydrogen) atoms. The summed E-state index contributed by atoms with van der Waals surface area (Å²) in [6.45, 7) is 2.37. The van der Waals surface area contributed by atoms with Gasteiger partial charge in [-0.25, -0.2) is 8.42 Å². The summed E-state index contributed by atoms with van der Waals surface area (Å²) in [4.78, 5) is 4.61. The first-order valence-corrected chi connectivity index (χ1v) is 12.3. The molecule has 0 radical (unpaired) electrons. The number of sulfonamides is 1. The van der Waals surface area contributed by atoms with Gasteiger partial charge in [-0.05, 0) is 42.0 Å². The highest BCUT2D eigenvalue weighted by atomic mass is 32.2. The molecular weight excluding hydrogens is 449 g/mol. The third-order valence-electron chi connectivity index (χ3n) is 5.70. The van der Waals surface area contributed by atoms with Crippen LogP contribution in [0.1, 0.15) is 24.0 Å². The molecule has 2 N–H and O–H groups in total. The van der Waals surface area contributed by atoms with Crippen LogP contribution < -0.4 is 10.6 Å². The standard InChI is InChI=1S/C20H23F3N4O2S2/c21-20(22,23)16-5-3-15(4-6-16)14-25-18-19(26-10-9-24-18)7-11-27(12-8-19)31(28,29)17-2-1-13-30-17/h1-6,13,26H,7-12,14H2,(H,24,25). The SMILES string of the molecule is O=S(=O)(c1cccs1)N1CCC2(CC1)NCCN=C2NCc1ccc(C(F)(F)F)cc1. The lowest BCUT2D eigenvalue weighted by Crippen LogP contribution is -2.64. The van der Waals surface area contributed by atoms with Crippen molar-refractivity contribution in [2.24, 2.45) is 4.99 Å². The van der Waals surface area contributed by atoms with Gasteiger partial charge in [0.05, 0.1) is 17.6 Å². The number of alkyl halides is 3. The summed E-state index contributed by atoms with van der Waals surface area (Å²) in [6.07, 6.45) is -3.22. The molecular formula is C20H23F3N4O2S2. The van der Waals surface area contributed by atoms with Crippen molar-refractivity contribution in [3.05, 3.63) is 52.9 Å². The zero-order valence-corrected chi connectivity index (χ0v) is 18.3. The highest BCUT2D eigenvalue weighted by Gasteiger charge is 2.43. The third-order valence-corrected chi connectivity index (χ3v) is 8.98. The van der Waals surface area contributed by atoms with E-state index in [1.165, 1.54) is 27.8 Å². The molecule has 0 amide bonds. The monoisotopic (exact) mass is 472 g/mol. The van der Waals surface area contributed by atoms with Crippen molar-refractivity contribution in [1.29, 1.82) is 0 Å². The van der Waals surface area contributed by atoms with Gasteiger partial charge in [-0.1, -0.05) is 18.2 Å². The van der Waals surface area contributed by atoms with E-state index in [1.807, 2.05) is 0 Å². The number of hydrogen-bond acceptors (Lipinski definition) is 6. The largest absolute Gasteiger partial charge is 0.416 e. The molecule has 0 aliphatic carbocycles. The lowest BCUT2D eigenvalue weighted by atomic mass is 9.85. The Hall–Kier alpha value is -1.95. The molecule has 0 bridgehead atoms. The number of benzene rings is 1. The molecule has 4 rings (SSSR count). The van der Waals surface area contributed by atoms with Crippen LogP contribution in [0.2, 0.25) is 0 Å². The number of halogens is 3. The zero-order chi connectivity index (χ0) is 22.1. The van der Waals surface area contributed by atoms with Crippen LogP contribution in [0.15, 0.2) is 51.0 Å². The normalized spacial score (nSPS) is 19.9. The molecule has 2 aliphatic heterocycles. The maximum Gasteiger partial charge on any atom is 0.416 e. The predicted octanol–water partition coefficient (Wildman–Crippen LogP) is 3.08. The van der Waals surface area contributed by atoms with Crippen molar-refractivity contribution < 1.29 is 21.6 Å². The van der Waals surface area contributed by atoms with Gasteiger partial charge in [0.1, 0.15) is 10.0 Å². The van der Waals surface area contributed by atoms with Crippen LogP contribution >= 0.6 is 11.3 Å². The van der Waals surface area contributed by atoms with Crippen LogP contribution in [0.3, 0.4) is 0 Å². The maximum absolute atomic E-state index is 12.8. The number of hydrogen-bond donors (Lipinski definition) is 2. The van der Waals surface area contributed by atoms with Gasteiger partial charge in [-0.15, -0.1) is 11.3 Å². The molecule has 1 spiro atoms. The van der Waals surface area contributed by atoms with Gasteiger partial charge in [-0.2, -0.15) is 17.5 Å².